The number of carbonyl (C=O) groups is 2. The van der Waals surface area contributed by atoms with E-state index in [1.165, 1.54) is 18.1 Å². The standard InChI is InChI=1S/C11H19N5O3S/c1-7(2)4-8(10(18)19-3)14-9(17)5-20-11-15-13-6-16(11)12/h6-8H,4-5,12H2,1-3H3,(H,14,17). The first-order chi connectivity index (χ1) is 9.43. The van der Waals surface area contributed by atoms with Crippen LogP contribution in [0.3, 0.4) is 0 Å². The third-order valence-electron chi connectivity index (χ3n) is 2.40. The van der Waals surface area contributed by atoms with Gasteiger partial charge in [-0.15, -0.1) is 10.2 Å². The molecule has 1 atom stereocenters. The number of nitrogen functional groups attached to an aromatic ring is 1. The fourth-order valence-corrected chi connectivity index (χ4v) is 2.17. The van der Waals surface area contributed by atoms with Crippen LogP contribution < -0.4 is 11.2 Å². The number of esters is 1. The molecule has 0 radical (unpaired) electrons. The molecular weight excluding hydrogens is 282 g/mol. The predicted octanol–water partition coefficient (Wildman–Crippen LogP) is -0.212. The van der Waals surface area contributed by atoms with Crippen molar-refractivity contribution >= 4 is 23.6 Å². The highest BCUT2D eigenvalue weighted by Gasteiger charge is 2.22. The summed E-state index contributed by atoms with van der Waals surface area (Å²) in [7, 11) is 1.30. The van der Waals surface area contributed by atoms with Crippen molar-refractivity contribution in [3.8, 4) is 0 Å². The van der Waals surface area contributed by atoms with Gasteiger partial charge in [-0.3, -0.25) is 4.79 Å². The van der Waals surface area contributed by atoms with Crippen molar-refractivity contribution < 1.29 is 14.3 Å². The first-order valence-electron chi connectivity index (χ1n) is 6.09. The highest BCUT2D eigenvalue weighted by molar-refractivity contribution is 7.99. The molecule has 0 aliphatic carbocycles. The molecule has 0 saturated heterocycles. The van der Waals surface area contributed by atoms with Crippen molar-refractivity contribution in [3.05, 3.63) is 6.33 Å². The zero-order valence-electron chi connectivity index (χ0n) is 11.7. The van der Waals surface area contributed by atoms with Gasteiger partial charge in [0.05, 0.1) is 12.9 Å². The second-order valence-corrected chi connectivity index (χ2v) is 5.52. The van der Waals surface area contributed by atoms with E-state index in [2.05, 4.69) is 20.3 Å². The van der Waals surface area contributed by atoms with Gasteiger partial charge in [0.2, 0.25) is 11.1 Å². The summed E-state index contributed by atoms with van der Waals surface area (Å²) in [4.78, 5) is 23.4. The molecule has 0 aliphatic rings. The molecular formula is C11H19N5O3S. The number of amides is 1. The van der Waals surface area contributed by atoms with E-state index >= 15 is 0 Å². The summed E-state index contributed by atoms with van der Waals surface area (Å²) in [5.41, 5.74) is 0. The summed E-state index contributed by atoms with van der Waals surface area (Å²) in [6.07, 6.45) is 1.87. The number of nitrogens with zero attached hydrogens (tertiary/aromatic N) is 3. The minimum Gasteiger partial charge on any atom is -0.467 e. The summed E-state index contributed by atoms with van der Waals surface area (Å²) < 4.78 is 5.90. The highest BCUT2D eigenvalue weighted by Crippen LogP contribution is 2.12. The summed E-state index contributed by atoms with van der Waals surface area (Å²) >= 11 is 1.14. The van der Waals surface area contributed by atoms with Gasteiger partial charge in [0.15, 0.2) is 0 Å². The fourth-order valence-electron chi connectivity index (χ4n) is 1.53. The molecule has 0 aromatic carbocycles. The molecule has 112 valence electrons. The van der Waals surface area contributed by atoms with E-state index in [4.69, 9.17) is 5.84 Å². The number of methoxy groups -OCH3 is 1. The maximum atomic E-state index is 11.8. The summed E-state index contributed by atoms with van der Waals surface area (Å²) in [6.45, 7) is 3.93. The second-order valence-electron chi connectivity index (χ2n) is 4.58. The highest BCUT2D eigenvalue weighted by atomic mass is 32.2. The largest absolute Gasteiger partial charge is 0.467 e. The minimum absolute atomic E-state index is 0.0987. The Hall–Kier alpha value is -1.77. The molecule has 1 aromatic rings. The Morgan fingerprint density at radius 2 is 2.25 bits per heavy atom. The molecule has 1 rings (SSSR count). The van der Waals surface area contributed by atoms with Crippen molar-refractivity contribution in [2.75, 3.05) is 18.7 Å². The molecule has 0 bridgehead atoms. The van der Waals surface area contributed by atoms with Crippen molar-refractivity contribution in [2.24, 2.45) is 5.92 Å². The number of carbonyl (C=O) groups excluding carboxylic acids is 2. The molecule has 0 aliphatic heterocycles. The van der Waals surface area contributed by atoms with E-state index in [0.717, 1.165) is 11.8 Å². The molecule has 20 heavy (non-hydrogen) atoms. The Labute approximate surface area is 121 Å². The quantitative estimate of drug-likeness (QED) is 0.407. The smallest absolute Gasteiger partial charge is 0.328 e. The van der Waals surface area contributed by atoms with Crippen LogP contribution in [0.5, 0.6) is 0 Å². The van der Waals surface area contributed by atoms with Crippen LogP contribution in [0.4, 0.5) is 0 Å². The van der Waals surface area contributed by atoms with Crippen LogP contribution >= 0.6 is 11.8 Å². The lowest BCUT2D eigenvalue weighted by atomic mass is 10.0. The van der Waals surface area contributed by atoms with E-state index in [1.807, 2.05) is 13.8 Å². The number of ether oxygens (including phenoxy) is 1. The van der Waals surface area contributed by atoms with E-state index in [1.54, 1.807) is 0 Å². The fraction of sp³-hybridized carbons (Fsp3) is 0.636. The average Bonchev–Trinajstić information content (AvgIpc) is 2.79. The van der Waals surface area contributed by atoms with Crippen molar-refractivity contribution in [1.29, 1.82) is 0 Å². The predicted molar refractivity (Wildman–Crippen MR) is 74.3 cm³/mol. The van der Waals surface area contributed by atoms with Crippen LogP contribution in [0.25, 0.3) is 0 Å². The van der Waals surface area contributed by atoms with Crippen molar-refractivity contribution in [2.45, 2.75) is 31.5 Å². The SMILES string of the molecule is COC(=O)C(CC(C)C)NC(=O)CSc1nncn1N. The molecule has 0 saturated carbocycles. The maximum absolute atomic E-state index is 11.8. The normalized spacial score (nSPS) is 12.2. The van der Waals surface area contributed by atoms with Gasteiger partial charge in [-0.05, 0) is 12.3 Å². The first-order valence-corrected chi connectivity index (χ1v) is 7.07. The van der Waals surface area contributed by atoms with Crippen molar-refractivity contribution in [1.82, 2.24) is 20.2 Å². The molecule has 1 unspecified atom stereocenters. The Morgan fingerprint density at radius 3 is 2.75 bits per heavy atom. The Kier molecular flexibility index (Phi) is 6.29. The number of aromatic nitrogens is 3. The van der Waals surface area contributed by atoms with Gasteiger partial charge in [-0.2, -0.15) is 0 Å². The van der Waals surface area contributed by atoms with E-state index in [9.17, 15) is 9.59 Å². The monoisotopic (exact) mass is 301 g/mol. The Balaban J connectivity index is 2.49. The summed E-state index contributed by atoms with van der Waals surface area (Å²) in [5.74, 6) is 5.16. The van der Waals surface area contributed by atoms with Gasteiger partial charge in [0.25, 0.3) is 0 Å². The lowest BCUT2D eigenvalue weighted by Gasteiger charge is -2.18. The molecule has 0 spiro atoms. The molecule has 8 nitrogen and oxygen atoms in total. The number of thioether (sulfide) groups is 1. The van der Waals surface area contributed by atoms with Crippen LogP contribution in [0.1, 0.15) is 20.3 Å². The van der Waals surface area contributed by atoms with Gasteiger partial charge >= 0.3 is 5.97 Å². The van der Waals surface area contributed by atoms with Gasteiger partial charge in [-0.1, -0.05) is 25.6 Å². The molecule has 1 aromatic heterocycles. The van der Waals surface area contributed by atoms with Gasteiger partial charge in [0, 0.05) is 0 Å². The molecule has 1 heterocycles. The molecule has 3 N–H and O–H groups in total. The first kappa shape index (κ1) is 16.3. The Morgan fingerprint density at radius 1 is 1.55 bits per heavy atom. The van der Waals surface area contributed by atoms with Gasteiger partial charge in [-0.25, -0.2) is 9.47 Å². The third-order valence-corrected chi connectivity index (χ3v) is 3.36. The molecule has 0 fully saturated rings. The number of hydrogen-bond donors (Lipinski definition) is 2. The van der Waals surface area contributed by atoms with E-state index in [-0.39, 0.29) is 17.6 Å². The maximum Gasteiger partial charge on any atom is 0.328 e. The third kappa shape index (κ3) is 5.08. The zero-order valence-corrected chi connectivity index (χ0v) is 12.5. The van der Waals surface area contributed by atoms with Gasteiger partial charge in [0.1, 0.15) is 12.4 Å². The number of hydrogen-bond acceptors (Lipinski definition) is 7. The zero-order chi connectivity index (χ0) is 15.1. The lowest BCUT2D eigenvalue weighted by molar-refractivity contribution is -0.145. The van der Waals surface area contributed by atoms with Crippen LogP contribution in [0, 0.1) is 5.92 Å². The Bertz CT molecular complexity index is 463. The van der Waals surface area contributed by atoms with Crippen LogP contribution in [0.2, 0.25) is 0 Å². The van der Waals surface area contributed by atoms with Crippen molar-refractivity contribution in [3.63, 3.8) is 0 Å². The molecule has 1 amide bonds. The number of rotatable bonds is 7. The van der Waals surface area contributed by atoms with Crippen LogP contribution in [0.15, 0.2) is 11.5 Å². The van der Waals surface area contributed by atoms with E-state index < -0.39 is 12.0 Å². The molecule has 9 heteroatoms. The van der Waals surface area contributed by atoms with Crippen LogP contribution in [-0.4, -0.2) is 45.7 Å². The second kappa shape index (κ2) is 7.73. The average molecular weight is 301 g/mol. The number of nitrogens with two attached hydrogens (primary N) is 1. The lowest BCUT2D eigenvalue weighted by Crippen LogP contribution is -2.43. The summed E-state index contributed by atoms with van der Waals surface area (Å²) in [6, 6.07) is -0.635. The van der Waals surface area contributed by atoms with E-state index in [0.29, 0.717) is 11.6 Å². The topological polar surface area (TPSA) is 112 Å². The minimum atomic E-state index is -0.635. The van der Waals surface area contributed by atoms with Crippen LogP contribution in [-0.2, 0) is 14.3 Å². The van der Waals surface area contributed by atoms with Gasteiger partial charge < -0.3 is 15.9 Å². The number of nitrogens with one attached hydrogen (secondary N) is 1. The summed E-state index contributed by atoms with van der Waals surface area (Å²) in [5, 5.41) is 10.4.